The van der Waals surface area contributed by atoms with Gasteiger partial charge in [0.1, 0.15) is 0 Å². The molecule has 1 aromatic rings. The van der Waals surface area contributed by atoms with E-state index < -0.39 is 6.09 Å². The van der Waals surface area contributed by atoms with E-state index in [9.17, 15) is 9.59 Å². The molecule has 0 bridgehead atoms. The first-order valence-corrected chi connectivity index (χ1v) is 6.34. The van der Waals surface area contributed by atoms with E-state index in [4.69, 9.17) is 4.74 Å². The van der Waals surface area contributed by atoms with Crippen molar-refractivity contribution in [3.63, 3.8) is 0 Å². The zero-order chi connectivity index (χ0) is 13.8. The fourth-order valence-electron chi connectivity index (χ4n) is 2.09. The highest BCUT2D eigenvalue weighted by Crippen LogP contribution is 2.14. The zero-order valence-electron chi connectivity index (χ0n) is 11.2. The molecule has 7 nitrogen and oxygen atoms in total. The van der Waals surface area contributed by atoms with Gasteiger partial charge < -0.3 is 14.5 Å². The largest absolute Gasteiger partial charge is 0.449 e. The Bertz CT molecular complexity index is 463. The van der Waals surface area contributed by atoms with E-state index in [1.54, 1.807) is 31.1 Å². The third-order valence-corrected chi connectivity index (χ3v) is 3.09. The average Bonchev–Trinajstić information content (AvgIpc) is 2.88. The lowest BCUT2D eigenvalue weighted by Crippen LogP contribution is -2.49. The maximum atomic E-state index is 11.8. The summed E-state index contributed by atoms with van der Waals surface area (Å²) in [6, 6.07) is 0. The number of anilines is 1. The number of hydrogen-bond donors (Lipinski definition) is 0. The molecule has 0 aromatic carbocycles. The summed E-state index contributed by atoms with van der Waals surface area (Å²) in [5.41, 5.74) is 0. The number of rotatable bonds is 2. The van der Waals surface area contributed by atoms with Crippen molar-refractivity contribution >= 4 is 17.9 Å². The smallest absolute Gasteiger partial charge is 0.420 e. The number of piperazine rings is 1. The first-order valence-electron chi connectivity index (χ1n) is 6.34. The van der Waals surface area contributed by atoms with Crippen LogP contribution in [0.3, 0.4) is 0 Å². The standard InChI is InChI=1S/C12H18N4O3/c1-3-19-12(18)16-5-4-13-11(16)15-8-6-14(7-9-15)10(2)17/h4-5H,3,6-9H2,1-2H3. The normalized spacial score (nSPS) is 15.5. The third kappa shape index (κ3) is 2.86. The number of hydrogen-bond acceptors (Lipinski definition) is 5. The summed E-state index contributed by atoms with van der Waals surface area (Å²) in [5, 5.41) is 0. The maximum Gasteiger partial charge on any atom is 0.420 e. The van der Waals surface area contributed by atoms with E-state index in [-0.39, 0.29) is 5.91 Å². The summed E-state index contributed by atoms with van der Waals surface area (Å²) in [5.74, 6) is 0.648. The number of ether oxygens (including phenoxy) is 1. The minimum absolute atomic E-state index is 0.0772. The number of carbonyl (C=O) groups is 2. The van der Waals surface area contributed by atoms with Crippen LogP contribution in [0, 0.1) is 0 Å². The van der Waals surface area contributed by atoms with Crippen LogP contribution in [0.15, 0.2) is 12.4 Å². The van der Waals surface area contributed by atoms with Crippen molar-refractivity contribution in [2.45, 2.75) is 13.8 Å². The molecule has 0 spiro atoms. The summed E-state index contributed by atoms with van der Waals surface area (Å²) in [7, 11) is 0. The summed E-state index contributed by atoms with van der Waals surface area (Å²) < 4.78 is 6.37. The number of amides is 1. The number of carbonyl (C=O) groups excluding carboxylic acids is 2. The highest BCUT2D eigenvalue weighted by Gasteiger charge is 2.23. The van der Waals surface area contributed by atoms with Crippen molar-refractivity contribution in [3.8, 4) is 0 Å². The topological polar surface area (TPSA) is 67.7 Å². The van der Waals surface area contributed by atoms with Crippen molar-refractivity contribution < 1.29 is 14.3 Å². The molecule has 1 aliphatic heterocycles. The van der Waals surface area contributed by atoms with Crippen molar-refractivity contribution in [1.82, 2.24) is 14.5 Å². The Morgan fingerprint density at radius 2 is 2.00 bits per heavy atom. The Balaban J connectivity index is 2.06. The van der Waals surface area contributed by atoms with Gasteiger partial charge in [-0.05, 0) is 6.92 Å². The second kappa shape index (κ2) is 5.73. The van der Waals surface area contributed by atoms with Gasteiger partial charge in [0.2, 0.25) is 11.9 Å². The maximum absolute atomic E-state index is 11.8. The van der Waals surface area contributed by atoms with Crippen LogP contribution in [0.4, 0.5) is 10.7 Å². The molecule has 0 radical (unpaired) electrons. The number of nitrogens with zero attached hydrogens (tertiary/aromatic N) is 4. The molecule has 2 heterocycles. The van der Waals surface area contributed by atoms with Gasteiger partial charge >= 0.3 is 6.09 Å². The minimum Gasteiger partial charge on any atom is -0.449 e. The van der Waals surface area contributed by atoms with Gasteiger partial charge in [0.15, 0.2) is 0 Å². The molecule has 1 aliphatic rings. The first-order chi connectivity index (χ1) is 9.13. The Hall–Kier alpha value is -2.05. The predicted molar refractivity (Wildman–Crippen MR) is 69.1 cm³/mol. The molecule has 7 heteroatoms. The Morgan fingerprint density at radius 1 is 1.32 bits per heavy atom. The lowest BCUT2D eigenvalue weighted by molar-refractivity contribution is -0.129. The number of imidazole rings is 1. The quantitative estimate of drug-likeness (QED) is 0.782. The fourth-order valence-corrected chi connectivity index (χ4v) is 2.09. The molecule has 0 unspecified atom stereocenters. The molecular formula is C12H18N4O3. The van der Waals surface area contributed by atoms with E-state index in [0.29, 0.717) is 38.7 Å². The molecule has 19 heavy (non-hydrogen) atoms. The van der Waals surface area contributed by atoms with Crippen LogP contribution in [0.1, 0.15) is 13.8 Å². The Kier molecular flexibility index (Phi) is 4.03. The summed E-state index contributed by atoms with van der Waals surface area (Å²) in [4.78, 5) is 31.0. The van der Waals surface area contributed by atoms with Gasteiger partial charge in [0.25, 0.3) is 0 Å². The van der Waals surface area contributed by atoms with Gasteiger partial charge in [-0.2, -0.15) is 0 Å². The Labute approximate surface area is 111 Å². The molecule has 0 atom stereocenters. The van der Waals surface area contributed by atoms with Gasteiger partial charge in [-0.25, -0.2) is 14.3 Å². The van der Waals surface area contributed by atoms with E-state index in [0.717, 1.165) is 0 Å². The van der Waals surface area contributed by atoms with Crippen molar-refractivity contribution in [3.05, 3.63) is 12.4 Å². The minimum atomic E-state index is -0.427. The lowest BCUT2D eigenvalue weighted by Gasteiger charge is -2.34. The van der Waals surface area contributed by atoms with Crippen LogP contribution in [0.25, 0.3) is 0 Å². The second-order valence-corrected chi connectivity index (χ2v) is 4.29. The van der Waals surface area contributed by atoms with Gasteiger partial charge in [0.05, 0.1) is 6.61 Å². The molecule has 1 aromatic heterocycles. The molecule has 0 aliphatic carbocycles. The number of aromatic nitrogens is 2. The Morgan fingerprint density at radius 3 is 2.58 bits per heavy atom. The molecule has 104 valence electrons. The van der Waals surface area contributed by atoms with Gasteiger partial charge in [0, 0.05) is 45.5 Å². The van der Waals surface area contributed by atoms with Gasteiger partial charge in [-0.15, -0.1) is 0 Å². The van der Waals surface area contributed by atoms with Crippen LogP contribution in [0.2, 0.25) is 0 Å². The molecule has 2 rings (SSSR count). The predicted octanol–water partition coefficient (Wildman–Crippen LogP) is 0.556. The van der Waals surface area contributed by atoms with E-state index >= 15 is 0 Å². The second-order valence-electron chi connectivity index (χ2n) is 4.29. The van der Waals surface area contributed by atoms with Gasteiger partial charge in [-0.1, -0.05) is 0 Å². The van der Waals surface area contributed by atoms with Gasteiger partial charge in [-0.3, -0.25) is 4.79 Å². The highest BCUT2D eigenvalue weighted by atomic mass is 16.5. The van der Waals surface area contributed by atoms with Crippen LogP contribution in [-0.2, 0) is 9.53 Å². The molecule has 0 N–H and O–H groups in total. The first kappa shape index (κ1) is 13.4. The molecule has 1 amide bonds. The zero-order valence-corrected chi connectivity index (χ0v) is 11.2. The van der Waals surface area contributed by atoms with E-state index in [2.05, 4.69) is 4.98 Å². The molecule has 1 fully saturated rings. The van der Waals surface area contributed by atoms with E-state index in [1.165, 1.54) is 4.57 Å². The highest BCUT2D eigenvalue weighted by molar-refractivity contribution is 5.75. The third-order valence-electron chi connectivity index (χ3n) is 3.09. The summed E-state index contributed by atoms with van der Waals surface area (Å²) >= 11 is 0. The average molecular weight is 266 g/mol. The monoisotopic (exact) mass is 266 g/mol. The summed E-state index contributed by atoms with van der Waals surface area (Å²) in [6.07, 6.45) is 2.73. The summed E-state index contributed by atoms with van der Waals surface area (Å²) in [6.45, 7) is 6.27. The SMILES string of the molecule is CCOC(=O)n1ccnc1N1CCN(C(C)=O)CC1. The van der Waals surface area contributed by atoms with Crippen LogP contribution in [0.5, 0.6) is 0 Å². The molecule has 0 saturated carbocycles. The van der Waals surface area contributed by atoms with E-state index in [1.807, 2.05) is 4.90 Å². The van der Waals surface area contributed by atoms with Crippen molar-refractivity contribution in [1.29, 1.82) is 0 Å². The van der Waals surface area contributed by atoms with Crippen LogP contribution >= 0.6 is 0 Å². The fraction of sp³-hybridized carbons (Fsp3) is 0.583. The van der Waals surface area contributed by atoms with Crippen molar-refractivity contribution in [2.24, 2.45) is 0 Å². The molecule has 1 saturated heterocycles. The molecular weight excluding hydrogens is 248 g/mol. The van der Waals surface area contributed by atoms with Crippen LogP contribution < -0.4 is 4.90 Å². The van der Waals surface area contributed by atoms with Crippen molar-refractivity contribution in [2.75, 3.05) is 37.7 Å². The lowest BCUT2D eigenvalue weighted by atomic mass is 10.3. The van der Waals surface area contributed by atoms with Crippen LogP contribution in [-0.4, -0.2) is 59.2 Å².